The van der Waals surface area contributed by atoms with Crippen molar-refractivity contribution in [2.45, 2.75) is 40.0 Å². The van der Waals surface area contributed by atoms with Crippen LogP contribution >= 0.6 is 15.9 Å². The first-order valence-corrected chi connectivity index (χ1v) is 7.61. The second kappa shape index (κ2) is 6.90. The van der Waals surface area contributed by atoms with Crippen molar-refractivity contribution >= 4 is 21.6 Å². The molecule has 0 aliphatic carbocycles. The van der Waals surface area contributed by atoms with Crippen molar-refractivity contribution in [3.63, 3.8) is 0 Å². The van der Waals surface area contributed by atoms with E-state index in [1.807, 2.05) is 28.9 Å². The molecule has 1 aromatic carbocycles. The van der Waals surface area contributed by atoms with Gasteiger partial charge in [-0.05, 0) is 47.0 Å². The van der Waals surface area contributed by atoms with Gasteiger partial charge in [0.15, 0.2) is 0 Å². The SMILES string of the molecule is CCc1nn(CC)c(COCc2ccc(N)cc2)c1Br. The normalized spacial score (nSPS) is 10.9. The third-order valence-corrected chi connectivity index (χ3v) is 4.10. The number of nitrogen functional groups attached to an aromatic ring is 1. The standard InChI is InChI=1S/C15H20BrN3O/c1-3-13-15(16)14(19(4-2)18-13)10-20-9-11-5-7-12(17)8-6-11/h5-8H,3-4,9-10,17H2,1-2H3. The monoisotopic (exact) mass is 337 g/mol. The predicted octanol–water partition coefficient (Wildman–Crippen LogP) is 3.53. The molecule has 0 aliphatic heterocycles. The molecule has 0 atom stereocenters. The number of ether oxygens (including phenoxy) is 1. The number of rotatable bonds is 6. The van der Waals surface area contributed by atoms with Crippen LogP contribution in [-0.4, -0.2) is 9.78 Å². The van der Waals surface area contributed by atoms with E-state index < -0.39 is 0 Å². The van der Waals surface area contributed by atoms with E-state index in [2.05, 4.69) is 34.9 Å². The molecule has 4 nitrogen and oxygen atoms in total. The van der Waals surface area contributed by atoms with E-state index in [4.69, 9.17) is 10.5 Å². The van der Waals surface area contributed by atoms with E-state index >= 15 is 0 Å². The Morgan fingerprint density at radius 2 is 1.90 bits per heavy atom. The molecular weight excluding hydrogens is 318 g/mol. The Kier molecular flexibility index (Phi) is 5.20. The summed E-state index contributed by atoms with van der Waals surface area (Å²) in [5, 5.41) is 4.56. The van der Waals surface area contributed by atoms with Gasteiger partial charge in [-0.25, -0.2) is 0 Å². The van der Waals surface area contributed by atoms with Gasteiger partial charge in [-0.1, -0.05) is 19.1 Å². The molecule has 2 N–H and O–H groups in total. The van der Waals surface area contributed by atoms with Gasteiger partial charge in [-0.2, -0.15) is 5.10 Å². The maximum absolute atomic E-state index is 5.80. The Morgan fingerprint density at radius 1 is 1.20 bits per heavy atom. The second-order valence-electron chi connectivity index (χ2n) is 4.61. The van der Waals surface area contributed by atoms with Crippen molar-refractivity contribution in [1.29, 1.82) is 0 Å². The van der Waals surface area contributed by atoms with Crippen molar-refractivity contribution in [2.24, 2.45) is 0 Å². The van der Waals surface area contributed by atoms with Gasteiger partial charge in [-0.15, -0.1) is 0 Å². The number of hydrogen-bond acceptors (Lipinski definition) is 3. The Labute approximate surface area is 128 Å². The largest absolute Gasteiger partial charge is 0.399 e. The van der Waals surface area contributed by atoms with Crippen molar-refractivity contribution in [3.05, 3.63) is 45.7 Å². The number of nitrogens with zero attached hydrogens (tertiary/aromatic N) is 2. The lowest BCUT2D eigenvalue weighted by Gasteiger charge is -2.07. The second-order valence-corrected chi connectivity index (χ2v) is 5.40. The summed E-state index contributed by atoms with van der Waals surface area (Å²) in [6.45, 7) is 6.16. The smallest absolute Gasteiger partial charge is 0.0900 e. The van der Waals surface area contributed by atoms with Crippen LogP contribution in [0.1, 0.15) is 30.8 Å². The fraction of sp³-hybridized carbons (Fsp3) is 0.400. The molecule has 20 heavy (non-hydrogen) atoms. The van der Waals surface area contributed by atoms with Gasteiger partial charge >= 0.3 is 0 Å². The molecule has 0 fully saturated rings. The van der Waals surface area contributed by atoms with Crippen LogP contribution in [-0.2, 0) is 30.9 Å². The van der Waals surface area contributed by atoms with Gasteiger partial charge in [0.05, 0.1) is 29.1 Å². The van der Waals surface area contributed by atoms with Gasteiger partial charge in [0.25, 0.3) is 0 Å². The highest BCUT2D eigenvalue weighted by atomic mass is 79.9. The summed E-state index contributed by atoms with van der Waals surface area (Å²) in [6, 6.07) is 7.75. The van der Waals surface area contributed by atoms with Crippen LogP contribution < -0.4 is 5.73 Å². The van der Waals surface area contributed by atoms with Gasteiger partial charge in [0.2, 0.25) is 0 Å². The fourth-order valence-electron chi connectivity index (χ4n) is 2.03. The molecule has 0 radical (unpaired) electrons. The molecule has 0 saturated heterocycles. The maximum atomic E-state index is 5.80. The van der Waals surface area contributed by atoms with Crippen LogP contribution in [0.25, 0.3) is 0 Å². The summed E-state index contributed by atoms with van der Waals surface area (Å²) in [6.07, 6.45) is 0.915. The lowest BCUT2D eigenvalue weighted by atomic mass is 10.2. The summed E-state index contributed by atoms with van der Waals surface area (Å²) in [5.74, 6) is 0. The number of aryl methyl sites for hydroxylation is 2. The third kappa shape index (κ3) is 3.41. The highest BCUT2D eigenvalue weighted by Gasteiger charge is 2.13. The zero-order valence-corrected chi connectivity index (χ0v) is 13.5. The maximum Gasteiger partial charge on any atom is 0.0900 e. The van der Waals surface area contributed by atoms with Crippen LogP contribution in [0.3, 0.4) is 0 Å². The third-order valence-electron chi connectivity index (χ3n) is 3.18. The van der Waals surface area contributed by atoms with Gasteiger partial charge in [-0.3, -0.25) is 4.68 Å². The highest BCUT2D eigenvalue weighted by Crippen LogP contribution is 2.23. The van der Waals surface area contributed by atoms with E-state index in [9.17, 15) is 0 Å². The van der Waals surface area contributed by atoms with Crippen molar-refractivity contribution in [2.75, 3.05) is 5.73 Å². The molecule has 0 spiro atoms. The van der Waals surface area contributed by atoms with Gasteiger partial charge < -0.3 is 10.5 Å². The minimum absolute atomic E-state index is 0.547. The van der Waals surface area contributed by atoms with Crippen LogP contribution in [0.2, 0.25) is 0 Å². The average Bonchev–Trinajstić information content (AvgIpc) is 2.77. The molecule has 0 amide bonds. The number of benzene rings is 1. The Bertz CT molecular complexity index is 563. The molecule has 1 heterocycles. The predicted molar refractivity (Wildman–Crippen MR) is 84.3 cm³/mol. The molecule has 2 rings (SSSR count). The number of aromatic nitrogens is 2. The zero-order chi connectivity index (χ0) is 14.5. The van der Waals surface area contributed by atoms with E-state index in [0.29, 0.717) is 13.2 Å². The number of nitrogens with two attached hydrogens (primary N) is 1. The van der Waals surface area contributed by atoms with Crippen LogP contribution in [0.5, 0.6) is 0 Å². The fourth-order valence-corrected chi connectivity index (χ4v) is 2.71. The number of halogens is 1. The topological polar surface area (TPSA) is 53.1 Å². The quantitative estimate of drug-likeness (QED) is 0.820. The Balaban J connectivity index is 2.00. The highest BCUT2D eigenvalue weighted by molar-refractivity contribution is 9.10. The number of anilines is 1. The van der Waals surface area contributed by atoms with Crippen molar-refractivity contribution in [3.8, 4) is 0 Å². The molecular formula is C15H20BrN3O. The lowest BCUT2D eigenvalue weighted by Crippen LogP contribution is -2.05. The lowest BCUT2D eigenvalue weighted by molar-refractivity contribution is 0.101. The first kappa shape index (κ1) is 15.1. The van der Waals surface area contributed by atoms with E-state index in [-0.39, 0.29) is 0 Å². The van der Waals surface area contributed by atoms with Crippen molar-refractivity contribution in [1.82, 2.24) is 9.78 Å². The molecule has 0 aliphatic rings. The summed E-state index contributed by atoms with van der Waals surface area (Å²) in [4.78, 5) is 0. The Hall–Kier alpha value is -1.33. The summed E-state index contributed by atoms with van der Waals surface area (Å²) in [7, 11) is 0. The van der Waals surface area contributed by atoms with Crippen molar-refractivity contribution < 1.29 is 4.74 Å². The molecule has 0 unspecified atom stereocenters. The minimum Gasteiger partial charge on any atom is -0.399 e. The summed E-state index contributed by atoms with van der Waals surface area (Å²) < 4.78 is 8.86. The average molecular weight is 338 g/mol. The van der Waals surface area contributed by atoms with Gasteiger partial charge in [0.1, 0.15) is 0 Å². The molecule has 0 bridgehead atoms. The summed E-state index contributed by atoms with van der Waals surface area (Å²) >= 11 is 3.62. The first-order chi connectivity index (χ1) is 9.65. The first-order valence-electron chi connectivity index (χ1n) is 6.81. The zero-order valence-electron chi connectivity index (χ0n) is 11.9. The van der Waals surface area contributed by atoms with Crippen LogP contribution in [0.4, 0.5) is 5.69 Å². The summed E-state index contributed by atoms with van der Waals surface area (Å²) in [5.41, 5.74) is 9.73. The minimum atomic E-state index is 0.547. The van der Waals surface area contributed by atoms with Gasteiger partial charge in [0, 0.05) is 12.2 Å². The van der Waals surface area contributed by atoms with E-state index in [0.717, 1.165) is 40.1 Å². The van der Waals surface area contributed by atoms with E-state index in [1.54, 1.807) is 0 Å². The van der Waals surface area contributed by atoms with Crippen LogP contribution in [0.15, 0.2) is 28.7 Å². The molecule has 1 aromatic heterocycles. The van der Waals surface area contributed by atoms with E-state index in [1.165, 1.54) is 0 Å². The molecule has 5 heteroatoms. The van der Waals surface area contributed by atoms with Crippen LogP contribution in [0, 0.1) is 0 Å². The molecule has 108 valence electrons. The molecule has 0 saturated carbocycles. The Morgan fingerprint density at radius 3 is 2.50 bits per heavy atom. The molecule has 2 aromatic rings. The number of hydrogen-bond donors (Lipinski definition) is 1.